The number of methoxy groups -OCH3 is 1. The molecule has 0 bridgehead atoms. The van der Waals surface area contributed by atoms with Gasteiger partial charge < -0.3 is 4.74 Å². The molecule has 0 N–H and O–H groups in total. The molecule has 0 aliphatic heterocycles. The van der Waals surface area contributed by atoms with E-state index in [9.17, 15) is 4.79 Å². The molecule has 1 aromatic rings. The monoisotopic (exact) mass is 217 g/mol. The number of hydrogen-bond donors (Lipinski definition) is 0. The largest absolute Gasteiger partial charge is 0.468 e. The van der Waals surface area contributed by atoms with Gasteiger partial charge in [-0.3, -0.25) is 4.79 Å². The minimum absolute atomic E-state index is 0.254. The van der Waals surface area contributed by atoms with Crippen molar-refractivity contribution in [2.24, 2.45) is 0 Å². The van der Waals surface area contributed by atoms with Gasteiger partial charge in [0.2, 0.25) is 0 Å². The highest BCUT2D eigenvalue weighted by atomic mass is 35.5. The predicted octanol–water partition coefficient (Wildman–Crippen LogP) is 2.00. The summed E-state index contributed by atoms with van der Waals surface area (Å²) in [5.74, 6) is -0.0177. The van der Waals surface area contributed by atoms with Crippen molar-refractivity contribution >= 4 is 29.3 Å². The second kappa shape index (κ2) is 5.09. The highest BCUT2D eigenvalue weighted by Crippen LogP contribution is 2.17. The minimum atomic E-state index is -0.272. The molecule has 0 radical (unpaired) electrons. The summed E-state index contributed by atoms with van der Waals surface area (Å²) in [6.45, 7) is 0. The fourth-order valence-corrected chi connectivity index (χ4v) is 1.60. The SMILES string of the molecule is COC(=O)CSc1cccc(Cl)n1. The topological polar surface area (TPSA) is 39.2 Å². The number of ether oxygens (including phenoxy) is 1. The van der Waals surface area contributed by atoms with Crippen molar-refractivity contribution in [3.05, 3.63) is 23.4 Å². The first-order valence-corrected chi connectivity index (χ1v) is 4.91. The molecule has 0 fully saturated rings. The summed E-state index contributed by atoms with van der Waals surface area (Å²) < 4.78 is 4.48. The molecule has 0 spiro atoms. The summed E-state index contributed by atoms with van der Waals surface area (Å²) >= 11 is 6.95. The molecular weight excluding hydrogens is 210 g/mol. The van der Waals surface area contributed by atoms with Crippen LogP contribution in [0.25, 0.3) is 0 Å². The van der Waals surface area contributed by atoms with Gasteiger partial charge in [-0.15, -0.1) is 0 Å². The number of carbonyl (C=O) groups excluding carboxylic acids is 1. The lowest BCUT2D eigenvalue weighted by Crippen LogP contribution is -2.03. The maximum absolute atomic E-state index is 10.8. The third-order valence-electron chi connectivity index (χ3n) is 1.26. The molecule has 0 atom stereocenters. The lowest BCUT2D eigenvalue weighted by molar-refractivity contribution is -0.137. The van der Waals surface area contributed by atoms with Crippen LogP contribution < -0.4 is 0 Å². The van der Waals surface area contributed by atoms with E-state index in [-0.39, 0.29) is 11.7 Å². The van der Waals surface area contributed by atoms with Crippen LogP contribution in [0, 0.1) is 0 Å². The van der Waals surface area contributed by atoms with Gasteiger partial charge >= 0.3 is 5.97 Å². The zero-order chi connectivity index (χ0) is 9.68. The van der Waals surface area contributed by atoms with Crippen LogP contribution in [0.5, 0.6) is 0 Å². The molecule has 0 aromatic carbocycles. The molecule has 13 heavy (non-hydrogen) atoms. The molecule has 0 saturated heterocycles. The van der Waals surface area contributed by atoms with Gasteiger partial charge in [-0.2, -0.15) is 0 Å². The summed E-state index contributed by atoms with van der Waals surface area (Å²) in [4.78, 5) is 14.8. The van der Waals surface area contributed by atoms with Crippen molar-refractivity contribution in [3.63, 3.8) is 0 Å². The molecule has 0 aliphatic rings. The Labute approximate surface area is 85.4 Å². The molecule has 3 nitrogen and oxygen atoms in total. The van der Waals surface area contributed by atoms with Crippen molar-refractivity contribution in [2.45, 2.75) is 5.03 Å². The minimum Gasteiger partial charge on any atom is -0.468 e. The van der Waals surface area contributed by atoms with Crippen molar-refractivity contribution in [1.82, 2.24) is 4.98 Å². The zero-order valence-corrected chi connectivity index (χ0v) is 8.56. The van der Waals surface area contributed by atoms with Crippen molar-refractivity contribution in [3.8, 4) is 0 Å². The second-order valence-corrected chi connectivity index (χ2v) is 3.55. The predicted molar refractivity (Wildman–Crippen MR) is 52.0 cm³/mol. The van der Waals surface area contributed by atoms with E-state index in [1.165, 1.54) is 18.9 Å². The molecule has 5 heteroatoms. The first-order valence-electron chi connectivity index (χ1n) is 3.54. The first kappa shape index (κ1) is 10.3. The summed E-state index contributed by atoms with van der Waals surface area (Å²) in [5.41, 5.74) is 0. The summed E-state index contributed by atoms with van der Waals surface area (Å²) in [5, 5.41) is 1.15. The molecule has 0 amide bonds. The number of pyridine rings is 1. The highest BCUT2D eigenvalue weighted by Gasteiger charge is 2.02. The highest BCUT2D eigenvalue weighted by molar-refractivity contribution is 7.99. The van der Waals surface area contributed by atoms with E-state index < -0.39 is 0 Å². The maximum atomic E-state index is 10.8. The first-order chi connectivity index (χ1) is 6.22. The van der Waals surface area contributed by atoms with Crippen LogP contribution in [0.2, 0.25) is 5.15 Å². The number of esters is 1. The standard InChI is InChI=1S/C8H8ClNO2S/c1-12-8(11)5-13-7-4-2-3-6(9)10-7/h2-4H,5H2,1H3. The van der Waals surface area contributed by atoms with Crippen molar-refractivity contribution in [1.29, 1.82) is 0 Å². The van der Waals surface area contributed by atoms with Gasteiger partial charge in [-0.25, -0.2) is 4.98 Å². The molecule has 1 heterocycles. The molecule has 0 saturated carbocycles. The molecule has 0 aliphatic carbocycles. The van der Waals surface area contributed by atoms with E-state index in [1.807, 2.05) is 0 Å². The number of nitrogens with zero attached hydrogens (tertiary/aromatic N) is 1. The number of halogens is 1. The van der Waals surface area contributed by atoms with Crippen LogP contribution in [0.4, 0.5) is 0 Å². The molecule has 0 unspecified atom stereocenters. The van der Waals surface area contributed by atoms with Crippen molar-refractivity contribution < 1.29 is 9.53 Å². The van der Waals surface area contributed by atoms with Crippen LogP contribution >= 0.6 is 23.4 Å². The quantitative estimate of drug-likeness (QED) is 0.441. The van der Waals surface area contributed by atoms with Crippen molar-refractivity contribution in [2.75, 3.05) is 12.9 Å². The Hall–Kier alpha value is -0.740. The van der Waals surface area contributed by atoms with Gasteiger partial charge in [0.05, 0.1) is 17.9 Å². The zero-order valence-electron chi connectivity index (χ0n) is 6.99. The van der Waals surface area contributed by atoms with Gasteiger partial charge in [-0.1, -0.05) is 29.4 Å². The number of thioether (sulfide) groups is 1. The summed E-state index contributed by atoms with van der Waals surface area (Å²) in [6.07, 6.45) is 0. The molecule has 1 rings (SSSR count). The normalized spacial score (nSPS) is 9.69. The van der Waals surface area contributed by atoms with Crippen LogP contribution in [0.3, 0.4) is 0 Å². The smallest absolute Gasteiger partial charge is 0.316 e. The Morgan fingerprint density at radius 1 is 1.69 bits per heavy atom. The molecular formula is C8H8ClNO2S. The average Bonchev–Trinajstić information content (AvgIpc) is 2.14. The third kappa shape index (κ3) is 3.65. The van der Waals surface area contributed by atoms with E-state index in [1.54, 1.807) is 18.2 Å². The number of aromatic nitrogens is 1. The number of hydrogen-bond acceptors (Lipinski definition) is 4. The van der Waals surface area contributed by atoms with Gasteiger partial charge in [0.25, 0.3) is 0 Å². The molecule has 1 aromatic heterocycles. The number of rotatable bonds is 3. The van der Waals surface area contributed by atoms with E-state index >= 15 is 0 Å². The van der Waals surface area contributed by atoms with Crippen LogP contribution in [0.1, 0.15) is 0 Å². The Morgan fingerprint density at radius 2 is 2.46 bits per heavy atom. The second-order valence-electron chi connectivity index (χ2n) is 2.16. The van der Waals surface area contributed by atoms with E-state index in [2.05, 4.69) is 9.72 Å². The van der Waals surface area contributed by atoms with Gasteiger partial charge in [0, 0.05) is 0 Å². The Balaban J connectivity index is 2.50. The van der Waals surface area contributed by atoms with E-state index in [0.717, 1.165) is 5.03 Å². The van der Waals surface area contributed by atoms with Crippen LogP contribution in [0.15, 0.2) is 23.2 Å². The van der Waals surface area contributed by atoms with E-state index in [4.69, 9.17) is 11.6 Å². The maximum Gasteiger partial charge on any atom is 0.316 e. The van der Waals surface area contributed by atoms with Gasteiger partial charge in [0.1, 0.15) is 5.15 Å². The fraction of sp³-hybridized carbons (Fsp3) is 0.250. The lowest BCUT2D eigenvalue weighted by Gasteiger charge is -1.99. The lowest BCUT2D eigenvalue weighted by atomic mass is 10.5. The summed E-state index contributed by atoms with van der Waals surface area (Å²) in [6, 6.07) is 5.26. The van der Waals surface area contributed by atoms with E-state index in [0.29, 0.717) is 5.15 Å². The van der Waals surface area contributed by atoms with Gasteiger partial charge in [0.15, 0.2) is 0 Å². The van der Waals surface area contributed by atoms with Crippen LogP contribution in [-0.4, -0.2) is 23.8 Å². The Kier molecular flexibility index (Phi) is 4.05. The van der Waals surface area contributed by atoms with Crippen LogP contribution in [-0.2, 0) is 9.53 Å². The fourth-order valence-electron chi connectivity index (χ4n) is 0.662. The Bertz CT molecular complexity index is 306. The number of carbonyl (C=O) groups is 1. The average molecular weight is 218 g/mol. The third-order valence-corrected chi connectivity index (χ3v) is 2.37. The Morgan fingerprint density at radius 3 is 3.08 bits per heavy atom. The van der Waals surface area contributed by atoms with Gasteiger partial charge in [-0.05, 0) is 12.1 Å². The molecule has 70 valence electrons. The summed E-state index contributed by atoms with van der Waals surface area (Å²) in [7, 11) is 1.36.